The number of benzene rings is 1. The Morgan fingerprint density at radius 2 is 1.86 bits per heavy atom. The van der Waals surface area contributed by atoms with Gasteiger partial charge in [0.15, 0.2) is 0 Å². The highest BCUT2D eigenvalue weighted by Crippen LogP contribution is 2.33. The van der Waals surface area contributed by atoms with Crippen molar-refractivity contribution in [3.05, 3.63) is 46.6 Å². The maximum Gasteiger partial charge on any atom is 0.0685 e. The molecule has 1 heterocycles. The molecule has 0 N–H and O–H groups in total. The van der Waals surface area contributed by atoms with Crippen LogP contribution in [0.1, 0.15) is 0 Å². The van der Waals surface area contributed by atoms with Crippen molar-refractivity contribution in [1.29, 1.82) is 0 Å². The summed E-state index contributed by atoms with van der Waals surface area (Å²) in [6.07, 6.45) is 1.98. The summed E-state index contributed by atoms with van der Waals surface area (Å²) in [6.45, 7) is 0. The molecule has 3 heteroatoms. The van der Waals surface area contributed by atoms with E-state index in [-0.39, 0.29) is 0 Å². The molecule has 0 spiro atoms. The van der Waals surface area contributed by atoms with Crippen LogP contribution < -0.4 is 0 Å². The first-order chi connectivity index (χ1) is 6.70. The minimum atomic E-state index is 0.588. The van der Waals surface area contributed by atoms with Crippen molar-refractivity contribution in [3.8, 4) is 11.3 Å². The van der Waals surface area contributed by atoms with Gasteiger partial charge in [-0.25, -0.2) is 0 Å². The molecule has 0 aliphatic carbocycles. The van der Waals surface area contributed by atoms with E-state index in [1.54, 1.807) is 6.07 Å². The molecule has 0 bridgehead atoms. The fraction of sp³-hybridized carbons (Fsp3) is 0.0909. The third kappa shape index (κ3) is 1.54. The van der Waals surface area contributed by atoms with E-state index in [4.69, 9.17) is 23.2 Å². The van der Waals surface area contributed by atoms with Gasteiger partial charge in [0.2, 0.25) is 0 Å². The minimum absolute atomic E-state index is 0.588. The van der Waals surface area contributed by atoms with E-state index in [9.17, 15) is 0 Å². The van der Waals surface area contributed by atoms with Gasteiger partial charge in [0.05, 0.1) is 10.0 Å². The van der Waals surface area contributed by atoms with E-state index in [2.05, 4.69) is 0 Å². The molecule has 1 aromatic heterocycles. The number of halogens is 2. The Morgan fingerprint density at radius 1 is 1.07 bits per heavy atom. The van der Waals surface area contributed by atoms with Crippen LogP contribution in [-0.4, -0.2) is 4.57 Å². The maximum atomic E-state index is 6.11. The second-order valence-electron chi connectivity index (χ2n) is 3.11. The van der Waals surface area contributed by atoms with E-state index in [1.165, 1.54) is 0 Å². The van der Waals surface area contributed by atoms with Crippen LogP contribution in [0.15, 0.2) is 36.5 Å². The minimum Gasteiger partial charge on any atom is -0.351 e. The van der Waals surface area contributed by atoms with E-state index >= 15 is 0 Å². The van der Waals surface area contributed by atoms with Crippen LogP contribution in [0.25, 0.3) is 11.3 Å². The zero-order valence-corrected chi connectivity index (χ0v) is 9.18. The summed E-state index contributed by atoms with van der Waals surface area (Å²) in [5.74, 6) is 0. The summed E-state index contributed by atoms with van der Waals surface area (Å²) in [5.41, 5.74) is 2.03. The summed E-state index contributed by atoms with van der Waals surface area (Å²) >= 11 is 12.1. The van der Waals surface area contributed by atoms with E-state index in [0.717, 1.165) is 11.3 Å². The van der Waals surface area contributed by atoms with Gasteiger partial charge >= 0.3 is 0 Å². The van der Waals surface area contributed by atoms with Crippen LogP contribution in [0.3, 0.4) is 0 Å². The van der Waals surface area contributed by atoms with E-state index in [0.29, 0.717) is 10.0 Å². The molecule has 1 aromatic carbocycles. The van der Waals surface area contributed by atoms with Crippen LogP contribution in [-0.2, 0) is 7.05 Å². The molecule has 0 aliphatic rings. The molecule has 0 radical (unpaired) electrons. The molecular formula is C11H9Cl2N. The molecule has 0 saturated carbocycles. The van der Waals surface area contributed by atoms with Gasteiger partial charge in [-0.1, -0.05) is 35.3 Å². The summed E-state index contributed by atoms with van der Waals surface area (Å²) in [5, 5.41) is 1.20. The molecule has 72 valence electrons. The lowest BCUT2D eigenvalue weighted by molar-refractivity contribution is 0.937. The largest absolute Gasteiger partial charge is 0.351 e. The summed E-state index contributed by atoms with van der Waals surface area (Å²) < 4.78 is 2.01. The van der Waals surface area contributed by atoms with Crippen LogP contribution in [0.2, 0.25) is 10.0 Å². The Kier molecular flexibility index (Phi) is 2.53. The van der Waals surface area contributed by atoms with Crippen molar-refractivity contribution in [2.45, 2.75) is 0 Å². The first-order valence-electron chi connectivity index (χ1n) is 4.26. The third-order valence-electron chi connectivity index (χ3n) is 2.17. The quantitative estimate of drug-likeness (QED) is 0.692. The van der Waals surface area contributed by atoms with Crippen LogP contribution in [0.4, 0.5) is 0 Å². The predicted octanol–water partition coefficient (Wildman–Crippen LogP) is 4.00. The number of aryl methyl sites for hydroxylation is 1. The molecule has 0 unspecified atom stereocenters. The molecule has 0 aliphatic heterocycles. The van der Waals surface area contributed by atoms with E-state index in [1.807, 2.05) is 42.1 Å². The van der Waals surface area contributed by atoms with Crippen molar-refractivity contribution in [1.82, 2.24) is 4.57 Å². The normalized spacial score (nSPS) is 10.5. The van der Waals surface area contributed by atoms with Gasteiger partial charge in [0.25, 0.3) is 0 Å². The van der Waals surface area contributed by atoms with Gasteiger partial charge in [-0.2, -0.15) is 0 Å². The highest BCUT2D eigenvalue weighted by molar-refractivity contribution is 6.43. The smallest absolute Gasteiger partial charge is 0.0685 e. The van der Waals surface area contributed by atoms with Crippen LogP contribution >= 0.6 is 23.2 Å². The van der Waals surface area contributed by atoms with Gasteiger partial charge < -0.3 is 4.57 Å². The average Bonchev–Trinajstić information content (AvgIpc) is 2.57. The Morgan fingerprint density at radius 3 is 2.50 bits per heavy atom. The topological polar surface area (TPSA) is 4.93 Å². The van der Waals surface area contributed by atoms with Gasteiger partial charge in [-0.05, 0) is 18.2 Å². The molecular weight excluding hydrogens is 217 g/mol. The zero-order valence-electron chi connectivity index (χ0n) is 7.67. The molecule has 14 heavy (non-hydrogen) atoms. The molecule has 0 atom stereocenters. The molecule has 0 amide bonds. The lowest BCUT2D eigenvalue weighted by Crippen LogP contribution is -1.89. The number of hydrogen-bond donors (Lipinski definition) is 0. The maximum absolute atomic E-state index is 6.11. The lowest BCUT2D eigenvalue weighted by atomic mass is 10.1. The standard InChI is InChI=1S/C11H9Cl2N/c1-14-7-3-6-10(14)8-4-2-5-9(12)11(8)13/h2-7H,1H3. The summed E-state index contributed by atoms with van der Waals surface area (Å²) in [6, 6.07) is 9.64. The Hall–Kier alpha value is -0.920. The second-order valence-corrected chi connectivity index (χ2v) is 3.89. The fourth-order valence-corrected chi connectivity index (χ4v) is 1.84. The Balaban J connectivity index is 2.63. The molecule has 0 saturated heterocycles. The SMILES string of the molecule is Cn1cccc1-c1cccc(Cl)c1Cl. The van der Waals surface area contributed by atoms with Gasteiger partial charge in [0, 0.05) is 24.5 Å². The van der Waals surface area contributed by atoms with Crippen molar-refractivity contribution < 1.29 is 0 Å². The van der Waals surface area contributed by atoms with Crippen LogP contribution in [0.5, 0.6) is 0 Å². The number of aromatic nitrogens is 1. The van der Waals surface area contributed by atoms with Gasteiger partial charge in [-0.3, -0.25) is 0 Å². The third-order valence-corrected chi connectivity index (χ3v) is 2.99. The highest BCUT2D eigenvalue weighted by Gasteiger charge is 2.08. The number of hydrogen-bond acceptors (Lipinski definition) is 0. The van der Waals surface area contributed by atoms with Crippen molar-refractivity contribution in [3.63, 3.8) is 0 Å². The predicted molar refractivity (Wildman–Crippen MR) is 60.9 cm³/mol. The Bertz CT molecular complexity index is 460. The summed E-state index contributed by atoms with van der Waals surface area (Å²) in [7, 11) is 1.98. The van der Waals surface area contributed by atoms with Crippen molar-refractivity contribution in [2.24, 2.45) is 7.05 Å². The monoisotopic (exact) mass is 225 g/mol. The summed E-state index contributed by atoms with van der Waals surface area (Å²) in [4.78, 5) is 0. The molecule has 1 nitrogen and oxygen atoms in total. The van der Waals surface area contributed by atoms with E-state index < -0.39 is 0 Å². The van der Waals surface area contributed by atoms with Crippen molar-refractivity contribution >= 4 is 23.2 Å². The second kappa shape index (κ2) is 3.68. The van der Waals surface area contributed by atoms with Gasteiger partial charge in [-0.15, -0.1) is 0 Å². The van der Waals surface area contributed by atoms with Gasteiger partial charge in [0.1, 0.15) is 0 Å². The molecule has 0 fully saturated rings. The highest BCUT2D eigenvalue weighted by atomic mass is 35.5. The number of nitrogens with zero attached hydrogens (tertiary/aromatic N) is 1. The first-order valence-corrected chi connectivity index (χ1v) is 5.01. The zero-order chi connectivity index (χ0) is 10.1. The average molecular weight is 226 g/mol. The Labute approximate surface area is 92.9 Å². The van der Waals surface area contributed by atoms with Crippen molar-refractivity contribution in [2.75, 3.05) is 0 Å². The fourth-order valence-electron chi connectivity index (χ4n) is 1.44. The molecule has 2 rings (SSSR count). The lowest BCUT2D eigenvalue weighted by Gasteiger charge is -2.06. The van der Waals surface area contributed by atoms with Crippen LogP contribution in [0, 0.1) is 0 Å². The first kappa shape index (κ1) is 9.63. The molecule has 2 aromatic rings. The number of rotatable bonds is 1.